The van der Waals surface area contributed by atoms with Crippen molar-refractivity contribution >= 4 is 17.9 Å². The molecule has 0 heterocycles. The SMILES string of the molecule is CC(CCC(=O)OCc1ccccc1)(CCC(=O)OCc1ccccc1)CCC(=O)OCc1ccccc1. The van der Waals surface area contributed by atoms with E-state index in [9.17, 15) is 14.4 Å². The third kappa shape index (κ3) is 11.0. The number of hydrogen-bond donors (Lipinski definition) is 0. The van der Waals surface area contributed by atoms with Gasteiger partial charge in [0, 0.05) is 19.3 Å². The van der Waals surface area contributed by atoms with Gasteiger partial charge in [0.1, 0.15) is 19.8 Å². The zero-order valence-electron chi connectivity index (χ0n) is 22.0. The van der Waals surface area contributed by atoms with Crippen LogP contribution in [0.1, 0.15) is 62.1 Å². The quantitative estimate of drug-likeness (QED) is 0.168. The van der Waals surface area contributed by atoms with Crippen LogP contribution in [-0.2, 0) is 48.4 Å². The van der Waals surface area contributed by atoms with E-state index in [0.717, 1.165) is 16.7 Å². The molecule has 38 heavy (non-hydrogen) atoms. The van der Waals surface area contributed by atoms with Gasteiger partial charge in [0.05, 0.1) is 0 Å². The molecule has 3 aromatic carbocycles. The van der Waals surface area contributed by atoms with E-state index in [2.05, 4.69) is 0 Å². The van der Waals surface area contributed by atoms with E-state index in [4.69, 9.17) is 14.2 Å². The summed E-state index contributed by atoms with van der Waals surface area (Å²) in [6, 6.07) is 28.5. The number of rotatable bonds is 15. The van der Waals surface area contributed by atoms with Crippen molar-refractivity contribution in [3.8, 4) is 0 Å². The normalized spacial score (nSPS) is 11.0. The summed E-state index contributed by atoms with van der Waals surface area (Å²) >= 11 is 0. The molecule has 0 aromatic heterocycles. The maximum atomic E-state index is 12.5. The Kier molecular flexibility index (Phi) is 11.6. The molecule has 0 fully saturated rings. The number of ether oxygens (including phenoxy) is 3. The third-order valence-corrected chi connectivity index (χ3v) is 6.53. The van der Waals surface area contributed by atoms with E-state index in [1.165, 1.54) is 0 Å². The second kappa shape index (κ2) is 15.4. The average molecular weight is 517 g/mol. The Morgan fingerprint density at radius 3 is 1.03 bits per heavy atom. The Hall–Kier alpha value is -3.93. The van der Waals surface area contributed by atoms with E-state index in [1.54, 1.807) is 0 Å². The second-order valence-electron chi connectivity index (χ2n) is 9.75. The van der Waals surface area contributed by atoms with Crippen molar-refractivity contribution in [1.82, 2.24) is 0 Å². The molecule has 0 amide bonds. The summed E-state index contributed by atoms with van der Waals surface area (Å²) in [7, 11) is 0. The van der Waals surface area contributed by atoms with Gasteiger partial charge < -0.3 is 14.2 Å². The Bertz CT molecular complexity index is 984. The standard InChI is InChI=1S/C32H36O6/c1-32(20-17-29(33)36-23-26-11-5-2-6-12-26,21-18-30(34)37-24-27-13-7-3-8-14-27)22-19-31(35)38-25-28-15-9-4-10-16-28/h2-16H,17-25H2,1H3. The maximum Gasteiger partial charge on any atom is 0.306 e. The first-order valence-electron chi connectivity index (χ1n) is 13.0. The Morgan fingerprint density at radius 1 is 0.500 bits per heavy atom. The van der Waals surface area contributed by atoms with Crippen LogP contribution >= 0.6 is 0 Å². The smallest absolute Gasteiger partial charge is 0.306 e. The predicted octanol–water partition coefficient (Wildman–Crippen LogP) is 6.56. The summed E-state index contributed by atoms with van der Waals surface area (Å²) in [5, 5.41) is 0. The maximum absolute atomic E-state index is 12.5. The van der Waals surface area contributed by atoms with Crippen molar-refractivity contribution in [2.24, 2.45) is 5.41 Å². The molecule has 3 rings (SSSR count). The summed E-state index contributed by atoms with van der Waals surface area (Å²) < 4.78 is 16.3. The lowest BCUT2D eigenvalue weighted by molar-refractivity contribution is -0.146. The van der Waals surface area contributed by atoms with Crippen LogP contribution < -0.4 is 0 Å². The van der Waals surface area contributed by atoms with Gasteiger partial charge in [-0.15, -0.1) is 0 Å². The molecule has 0 N–H and O–H groups in total. The zero-order valence-corrected chi connectivity index (χ0v) is 22.0. The van der Waals surface area contributed by atoms with Crippen LogP contribution in [0.25, 0.3) is 0 Å². The fourth-order valence-corrected chi connectivity index (χ4v) is 4.02. The highest BCUT2D eigenvalue weighted by Crippen LogP contribution is 2.35. The predicted molar refractivity (Wildman–Crippen MR) is 145 cm³/mol. The van der Waals surface area contributed by atoms with Crippen LogP contribution in [0.4, 0.5) is 0 Å². The van der Waals surface area contributed by atoms with Gasteiger partial charge in [-0.3, -0.25) is 14.4 Å². The first-order chi connectivity index (χ1) is 18.4. The Morgan fingerprint density at radius 2 is 0.763 bits per heavy atom. The highest BCUT2D eigenvalue weighted by atomic mass is 16.5. The molecule has 0 spiro atoms. The van der Waals surface area contributed by atoms with Crippen molar-refractivity contribution in [3.05, 3.63) is 108 Å². The Labute approximate surface area is 224 Å². The molecule has 0 radical (unpaired) electrons. The number of carbonyl (C=O) groups excluding carboxylic acids is 3. The largest absolute Gasteiger partial charge is 0.461 e. The number of benzene rings is 3. The molecule has 3 aromatic rings. The van der Waals surface area contributed by atoms with Crippen LogP contribution in [0.15, 0.2) is 91.0 Å². The average Bonchev–Trinajstić information content (AvgIpc) is 2.96. The highest BCUT2D eigenvalue weighted by molar-refractivity contribution is 5.71. The van der Waals surface area contributed by atoms with Gasteiger partial charge in [0.25, 0.3) is 0 Å². The minimum absolute atomic E-state index is 0.196. The molecular formula is C32H36O6. The third-order valence-electron chi connectivity index (χ3n) is 6.53. The molecule has 0 bridgehead atoms. The van der Waals surface area contributed by atoms with Crippen LogP contribution in [0.3, 0.4) is 0 Å². The fraction of sp³-hybridized carbons (Fsp3) is 0.344. The Balaban J connectivity index is 1.50. The van der Waals surface area contributed by atoms with Gasteiger partial charge in [0.2, 0.25) is 0 Å². The van der Waals surface area contributed by atoms with Crippen molar-refractivity contribution < 1.29 is 28.6 Å². The second-order valence-corrected chi connectivity index (χ2v) is 9.75. The van der Waals surface area contributed by atoms with E-state index in [0.29, 0.717) is 19.3 Å². The van der Waals surface area contributed by atoms with Crippen molar-refractivity contribution in [1.29, 1.82) is 0 Å². The van der Waals surface area contributed by atoms with E-state index in [1.807, 2.05) is 97.9 Å². The molecule has 0 saturated carbocycles. The van der Waals surface area contributed by atoms with Crippen LogP contribution in [0, 0.1) is 5.41 Å². The molecule has 0 saturated heterocycles. The lowest BCUT2D eigenvalue weighted by Crippen LogP contribution is -2.22. The number of esters is 3. The highest BCUT2D eigenvalue weighted by Gasteiger charge is 2.28. The van der Waals surface area contributed by atoms with E-state index in [-0.39, 0.29) is 57.0 Å². The van der Waals surface area contributed by atoms with Gasteiger partial charge in [0.15, 0.2) is 0 Å². The summed E-state index contributed by atoms with van der Waals surface area (Å²) in [6.45, 7) is 2.64. The molecule has 0 unspecified atom stereocenters. The number of carbonyl (C=O) groups is 3. The van der Waals surface area contributed by atoms with Crippen molar-refractivity contribution in [3.63, 3.8) is 0 Å². The van der Waals surface area contributed by atoms with Crippen LogP contribution in [-0.4, -0.2) is 17.9 Å². The van der Waals surface area contributed by atoms with Gasteiger partial charge in [-0.25, -0.2) is 0 Å². The first-order valence-corrected chi connectivity index (χ1v) is 13.0. The van der Waals surface area contributed by atoms with E-state index >= 15 is 0 Å². The number of hydrogen-bond acceptors (Lipinski definition) is 6. The van der Waals surface area contributed by atoms with Crippen LogP contribution in [0.2, 0.25) is 0 Å². The van der Waals surface area contributed by atoms with Crippen molar-refractivity contribution in [2.45, 2.75) is 65.3 Å². The topological polar surface area (TPSA) is 78.9 Å². The molecule has 0 aliphatic heterocycles. The van der Waals surface area contributed by atoms with Gasteiger partial charge in [-0.2, -0.15) is 0 Å². The van der Waals surface area contributed by atoms with Gasteiger partial charge in [-0.05, 0) is 41.4 Å². The lowest BCUT2D eigenvalue weighted by atomic mass is 9.77. The summed E-state index contributed by atoms with van der Waals surface area (Å²) in [5.74, 6) is -0.921. The van der Waals surface area contributed by atoms with Gasteiger partial charge in [-0.1, -0.05) is 97.9 Å². The molecule has 0 atom stereocenters. The zero-order chi connectivity index (χ0) is 27.1. The first kappa shape index (κ1) is 28.6. The van der Waals surface area contributed by atoms with E-state index < -0.39 is 5.41 Å². The lowest BCUT2D eigenvalue weighted by Gasteiger charge is -2.29. The monoisotopic (exact) mass is 516 g/mol. The van der Waals surface area contributed by atoms with Crippen LogP contribution in [0.5, 0.6) is 0 Å². The summed E-state index contributed by atoms with van der Waals surface area (Å²) in [6.07, 6.45) is 2.04. The summed E-state index contributed by atoms with van der Waals surface area (Å²) in [4.78, 5) is 37.4. The minimum atomic E-state index is -0.441. The molecular weight excluding hydrogens is 480 g/mol. The molecule has 6 heteroatoms. The molecule has 6 nitrogen and oxygen atoms in total. The molecule has 0 aliphatic rings. The summed E-state index contributed by atoms with van der Waals surface area (Å²) in [5.41, 5.74) is 2.33. The minimum Gasteiger partial charge on any atom is -0.461 e. The van der Waals surface area contributed by atoms with Crippen molar-refractivity contribution in [2.75, 3.05) is 0 Å². The van der Waals surface area contributed by atoms with Gasteiger partial charge >= 0.3 is 17.9 Å². The fourth-order valence-electron chi connectivity index (χ4n) is 4.02. The molecule has 0 aliphatic carbocycles. The molecule has 200 valence electrons.